The zero-order valence-corrected chi connectivity index (χ0v) is 17.1. The van der Waals surface area contributed by atoms with E-state index in [1.165, 1.54) is 32.8 Å². The van der Waals surface area contributed by atoms with Gasteiger partial charge in [-0.3, -0.25) is 14.4 Å². The number of hydrogen-bond donors (Lipinski definition) is 3. The standard InChI is InChI=1S/C18H35N3O6/c1-6-8-15(23)20(4)14(12-27-10-7-9-22)17(25)21(5)13(16(19)24)11-18(2,3)26/h13-14,22,26H,6-12H2,1-5H3,(H2,19,24)/t13-,14+/m0/s1. The fraction of sp³-hybridized carbons (Fsp3) is 0.833. The highest BCUT2D eigenvalue weighted by Crippen LogP contribution is 2.17. The van der Waals surface area contributed by atoms with E-state index in [9.17, 15) is 19.5 Å². The van der Waals surface area contributed by atoms with Crippen molar-refractivity contribution in [1.29, 1.82) is 0 Å². The van der Waals surface area contributed by atoms with Crippen LogP contribution in [-0.2, 0) is 19.1 Å². The fourth-order valence-corrected chi connectivity index (χ4v) is 2.56. The van der Waals surface area contributed by atoms with Gasteiger partial charge in [0.2, 0.25) is 17.7 Å². The van der Waals surface area contributed by atoms with Gasteiger partial charge in [0, 0.05) is 40.2 Å². The summed E-state index contributed by atoms with van der Waals surface area (Å²) in [5, 5.41) is 18.9. The van der Waals surface area contributed by atoms with Gasteiger partial charge in [-0.1, -0.05) is 6.92 Å². The third kappa shape index (κ3) is 9.16. The number of ether oxygens (including phenoxy) is 1. The van der Waals surface area contributed by atoms with Crippen LogP contribution in [0.3, 0.4) is 0 Å². The highest BCUT2D eigenvalue weighted by Gasteiger charge is 2.36. The lowest BCUT2D eigenvalue weighted by Gasteiger charge is -2.35. The molecule has 9 heteroatoms. The molecule has 0 saturated heterocycles. The smallest absolute Gasteiger partial charge is 0.248 e. The molecule has 9 nitrogen and oxygen atoms in total. The maximum absolute atomic E-state index is 13.0. The molecule has 0 aromatic carbocycles. The molecule has 27 heavy (non-hydrogen) atoms. The number of carbonyl (C=O) groups excluding carboxylic acids is 3. The van der Waals surface area contributed by atoms with Crippen molar-refractivity contribution in [3.63, 3.8) is 0 Å². The van der Waals surface area contributed by atoms with Gasteiger partial charge in [-0.15, -0.1) is 0 Å². The second-order valence-electron chi connectivity index (χ2n) is 7.31. The number of aliphatic hydroxyl groups excluding tert-OH is 1. The van der Waals surface area contributed by atoms with E-state index in [2.05, 4.69) is 0 Å². The summed E-state index contributed by atoms with van der Waals surface area (Å²) < 4.78 is 5.43. The Balaban J connectivity index is 5.42. The van der Waals surface area contributed by atoms with Gasteiger partial charge >= 0.3 is 0 Å². The third-order valence-corrected chi connectivity index (χ3v) is 4.17. The van der Waals surface area contributed by atoms with Crippen LogP contribution in [0, 0.1) is 0 Å². The predicted octanol–water partition coefficient (Wildman–Crippen LogP) is -0.514. The first-order valence-electron chi connectivity index (χ1n) is 9.18. The molecule has 0 heterocycles. The molecule has 4 N–H and O–H groups in total. The normalized spacial score (nSPS) is 13.7. The average Bonchev–Trinajstić information content (AvgIpc) is 2.57. The van der Waals surface area contributed by atoms with Crippen molar-refractivity contribution in [1.82, 2.24) is 9.80 Å². The van der Waals surface area contributed by atoms with Gasteiger partial charge in [-0.2, -0.15) is 0 Å². The van der Waals surface area contributed by atoms with Gasteiger partial charge in [-0.05, 0) is 26.7 Å². The van der Waals surface area contributed by atoms with Crippen molar-refractivity contribution in [2.75, 3.05) is 33.9 Å². The van der Waals surface area contributed by atoms with Crippen LogP contribution < -0.4 is 5.73 Å². The molecule has 0 saturated carbocycles. The quantitative estimate of drug-likeness (QED) is 0.363. The Kier molecular flexibility index (Phi) is 11.1. The van der Waals surface area contributed by atoms with E-state index in [1.807, 2.05) is 6.92 Å². The van der Waals surface area contributed by atoms with Gasteiger partial charge in [-0.25, -0.2) is 0 Å². The minimum Gasteiger partial charge on any atom is -0.396 e. The molecule has 0 aromatic heterocycles. The van der Waals surface area contributed by atoms with Crippen molar-refractivity contribution >= 4 is 17.7 Å². The van der Waals surface area contributed by atoms with E-state index in [-0.39, 0.29) is 38.6 Å². The lowest BCUT2D eigenvalue weighted by Crippen LogP contribution is -2.56. The minimum atomic E-state index is -1.20. The number of nitrogens with zero attached hydrogens (tertiary/aromatic N) is 2. The summed E-state index contributed by atoms with van der Waals surface area (Å²) in [5.41, 5.74) is 4.22. The first-order valence-corrected chi connectivity index (χ1v) is 9.18. The molecule has 0 fully saturated rings. The molecule has 3 amide bonds. The summed E-state index contributed by atoms with van der Waals surface area (Å²) in [6, 6.07) is -1.96. The number of primary amides is 1. The number of likely N-dealkylation sites (N-methyl/N-ethyl adjacent to an activating group) is 2. The minimum absolute atomic E-state index is 0.0325. The Labute approximate surface area is 161 Å². The molecule has 0 aromatic rings. The Morgan fingerprint density at radius 1 is 1.15 bits per heavy atom. The van der Waals surface area contributed by atoms with Crippen LogP contribution in [0.25, 0.3) is 0 Å². The number of hydrogen-bond acceptors (Lipinski definition) is 6. The van der Waals surface area contributed by atoms with E-state index < -0.39 is 29.5 Å². The molecule has 2 atom stereocenters. The van der Waals surface area contributed by atoms with Crippen molar-refractivity contribution in [3.05, 3.63) is 0 Å². The van der Waals surface area contributed by atoms with Gasteiger partial charge in [0.1, 0.15) is 12.1 Å². The van der Waals surface area contributed by atoms with Crippen molar-refractivity contribution in [2.24, 2.45) is 5.73 Å². The number of aliphatic hydroxyl groups is 2. The summed E-state index contributed by atoms with van der Waals surface area (Å²) in [5.74, 6) is -1.46. The van der Waals surface area contributed by atoms with Crippen LogP contribution in [0.1, 0.15) is 46.5 Å². The molecule has 0 radical (unpaired) electrons. The largest absolute Gasteiger partial charge is 0.396 e. The maximum atomic E-state index is 13.0. The number of amides is 3. The monoisotopic (exact) mass is 389 g/mol. The zero-order valence-electron chi connectivity index (χ0n) is 17.1. The summed E-state index contributed by atoms with van der Waals surface area (Å²) in [6.45, 7) is 5.03. The molecule has 0 aliphatic rings. The van der Waals surface area contributed by atoms with Crippen LogP contribution in [0.5, 0.6) is 0 Å². The molecular weight excluding hydrogens is 354 g/mol. The number of rotatable bonds is 13. The van der Waals surface area contributed by atoms with E-state index >= 15 is 0 Å². The van der Waals surface area contributed by atoms with Gasteiger partial charge < -0.3 is 30.5 Å². The van der Waals surface area contributed by atoms with Gasteiger partial charge in [0.05, 0.1) is 12.2 Å². The van der Waals surface area contributed by atoms with E-state index in [0.29, 0.717) is 12.8 Å². The van der Waals surface area contributed by atoms with Crippen molar-refractivity contribution < 1.29 is 29.3 Å². The van der Waals surface area contributed by atoms with E-state index in [1.54, 1.807) is 0 Å². The Bertz CT molecular complexity index is 492. The molecule has 0 aliphatic carbocycles. The summed E-state index contributed by atoms with van der Waals surface area (Å²) in [4.78, 5) is 39.6. The second kappa shape index (κ2) is 11.9. The van der Waals surface area contributed by atoms with E-state index in [4.69, 9.17) is 15.6 Å². The Hall–Kier alpha value is -1.71. The third-order valence-electron chi connectivity index (χ3n) is 4.17. The lowest BCUT2D eigenvalue weighted by molar-refractivity contribution is -0.150. The van der Waals surface area contributed by atoms with Crippen molar-refractivity contribution in [3.8, 4) is 0 Å². The molecule has 158 valence electrons. The van der Waals surface area contributed by atoms with Gasteiger partial charge in [0.15, 0.2) is 0 Å². The molecule has 0 rings (SSSR count). The number of carbonyl (C=O) groups is 3. The fourth-order valence-electron chi connectivity index (χ4n) is 2.56. The Morgan fingerprint density at radius 2 is 1.74 bits per heavy atom. The maximum Gasteiger partial charge on any atom is 0.248 e. The van der Waals surface area contributed by atoms with Crippen LogP contribution in [0.4, 0.5) is 0 Å². The topological polar surface area (TPSA) is 133 Å². The van der Waals surface area contributed by atoms with Gasteiger partial charge in [0.25, 0.3) is 0 Å². The SMILES string of the molecule is CCCC(=O)N(C)[C@H](COCCCO)C(=O)N(C)[C@@H](CC(C)(C)O)C(N)=O. The first kappa shape index (κ1) is 25.3. The number of nitrogens with two attached hydrogens (primary N) is 1. The highest BCUT2D eigenvalue weighted by molar-refractivity contribution is 5.91. The molecule has 0 spiro atoms. The molecule has 0 aliphatic heterocycles. The Morgan fingerprint density at radius 3 is 2.19 bits per heavy atom. The van der Waals surface area contributed by atoms with Crippen LogP contribution in [-0.4, -0.2) is 89.3 Å². The molecule has 0 bridgehead atoms. The summed E-state index contributed by atoms with van der Waals surface area (Å²) in [7, 11) is 2.93. The highest BCUT2D eigenvalue weighted by atomic mass is 16.5. The summed E-state index contributed by atoms with van der Waals surface area (Å²) >= 11 is 0. The first-order chi connectivity index (χ1) is 12.5. The van der Waals surface area contributed by atoms with Crippen LogP contribution in [0.15, 0.2) is 0 Å². The lowest BCUT2D eigenvalue weighted by atomic mass is 9.97. The summed E-state index contributed by atoms with van der Waals surface area (Å²) in [6.07, 6.45) is 1.29. The molecule has 0 unspecified atom stereocenters. The zero-order chi connectivity index (χ0) is 21.2. The second-order valence-corrected chi connectivity index (χ2v) is 7.31. The van der Waals surface area contributed by atoms with Crippen LogP contribution in [0.2, 0.25) is 0 Å². The molecular formula is C18H35N3O6. The van der Waals surface area contributed by atoms with E-state index in [0.717, 1.165) is 4.90 Å². The predicted molar refractivity (Wildman–Crippen MR) is 101 cm³/mol. The van der Waals surface area contributed by atoms with Crippen LogP contribution >= 0.6 is 0 Å². The van der Waals surface area contributed by atoms with Crippen molar-refractivity contribution in [2.45, 2.75) is 64.1 Å². The average molecular weight is 389 g/mol.